The number of carboxylic acid groups (broad SMARTS) is 1. The summed E-state index contributed by atoms with van der Waals surface area (Å²) in [6.07, 6.45) is 1.01. The maximum atomic E-state index is 12.2. The molecule has 2 atom stereocenters. The first-order chi connectivity index (χ1) is 9.95. The third-order valence-corrected chi connectivity index (χ3v) is 4.56. The first-order valence-electron chi connectivity index (χ1n) is 7.17. The molecule has 0 bridgehead atoms. The van der Waals surface area contributed by atoms with E-state index < -0.39 is 12.1 Å². The molecule has 116 valence electrons. The van der Waals surface area contributed by atoms with Crippen molar-refractivity contribution in [2.45, 2.75) is 45.3 Å². The third kappa shape index (κ3) is 4.54. The van der Waals surface area contributed by atoms with E-state index in [4.69, 9.17) is 9.84 Å². The average Bonchev–Trinajstić information content (AvgIpc) is 2.83. The number of carboxylic acids is 1. The van der Waals surface area contributed by atoms with Crippen molar-refractivity contribution >= 4 is 23.2 Å². The predicted octanol–water partition coefficient (Wildman–Crippen LogP) is 2.08. The summed E-state index contributed by atoms with van der Waals surface area (Å²) in [4.78, 5) is 27.4. The summed E-state index contributed by atoms with van der Waals surface area (Å²) in [5.41, 5.74) is 0. The molecule has 1 aromatic rings. The Morgan fingerprint density at radius 2 is 2.19 bits per heavy atom. The van der Waals surface area contributed by atoms with Crippen LogP contribution in [-0.2, 0) is 20.7 Å². The van der Waals surface area contributed by atoms with Crippen molar-refractivity contribution < 1.29 is 19.4 Å². The highest BCUT2D eigenvalue weighted by Crippen LogP contribution is 2.18. The number of nitrogens with zero attached hydrogens (tertiary/aromatic N) is 1. The van der Waals surface area contributed by atoms with Crippen molar-refractivity contribution in [3.63, 3.8) is 0 Å². The van der Waals surface area contributed by atoms with Gasteiger partial charge in [0.15, 0.2) is 6.10 Å². The lowest BCUT2D eigenvalue weighted by molar-refractivity contribution is -0.166. The molecule has 1 aromatic heterocycles. The van der Waals surface area contributed by atoms with Crippen molar-refractivity contribution in [1.82, 2.24) is 4.90 Å². The molecule has 0 aromatic carbocycles. The zero-order valence-corrected chi connectivity index (χ0v) is 13.2. The summed E-state index contributed by atoms with van der Waals surface area (Å²) >= 11 is 1.76. The zero-order chi connectivity index (χ0) is 15.4. The molecule has 2 rings (SSSR count). The van der Waals surface area contributed by atoms with E-state index in [0.29, 0.717) is 13.0 Å². The second-order valence-electron chi connectivity index (χ2n) is 5.44. The quantitative estimate of drug-likeness (QED) is 0.904. The Labute approximate surface area is 128 Å². The minimum absolute atomic E-state index is 0.0182. The van der Waals surface area contributed by atoms with Crippen LogP contribution in [0.15, 0.2) is 12.1 Å². The number of rotatable bonds is 5. The molecule has 6 heteroatoms. The van der Waals surface area contributed by atoms with Gasteiger partial charge in [-0.25, -0.2) is 4.79 Å². The zero-order valence-electron chi connectivity index (χ0n) is 12.4. The highest BCUT2D eigenvalue weighted by Gasteiger charge is 2.32. The summed E-state index contributed by atoms with van der Waals surface area (Å²) in [6.45, 7) is 4.49. The molecule has 2 heterocycles. The Morgan fingerprint density at radius 3 is 2.81 bits per heavy atom. The van der Waals surface area contributed by atoms with Crippen molar-refractivity contribution in [2.24, 2.45) is 0 Å². The Kier molecular flexibility index (Phi) is 5.36. The topological polar surface area (TPSA) is 66.8 Å². The van der Waals surface area contributed by atoms with E-state index in [2.05, 4.69) is 19.1 Å². The van der Waals surface area contributed by atoms with Crippen LogP contribution in [0.2, 0.25) is 0 Å². The van der Waals surface area contributed by atoms with E-state index in [1.165, 1.54) is 9.75 Å². The number of hydrogen-bond donors (Lipinski definition) is 1. The highest BCUT2D eigenvalue weighted by atomic mass is 32.1. The lowest BCUT2D eigenvalue weighted by Crippen LogP contribution is -2.51. The largest absolute Gasteiger partial charge is 0.479 e. The number of aryl methyl sites for hydroxylation is 2. The van der Waals surface area contributed by atoms with Gasteiger partial charge in [-0.05, 0) is 38.8 Å². The fourth-order valence-corrected chi connectivity index (χ4v) is 3.42. The minimum atomic E-state index is -1.01. The maximum Gasteiger partial charge on any atom is 0.334 e. The third-order valence-electron chi connectivity index (χ3n) is 3.50. The Bertz CT molecular complexity index is 514. The van der Waals surface area contributed by atoms with Crippen LogP contribution in [-0.4, -0.2) is 47.2 Å². The van der Waals surface area contributed by atoms with Crippen molar-refractivity contribution in [1.29, 1.82) is 0 Å². The molecular formula is C15H21NO4S. The normalized spacial score (nSPS) is 22.3. The van der Waals surface area contributed by atoms with Crippen LogP contribution in [0.1, 0.15) is 29.5 Å². The summed E-state index contributed by atoms with van der Waals surface area (Å²) in [5.74, 6) is -0.988. The summed E-state index contributed by atoms with van der Waals surface area (Å²) in [5, 5.41) is 9.02. The molecule has 1 unspecified atom stereocenters. The number of carbonyl (C=O) groups is 2. The number of hydrogen-bond acceptors (Lipinski definition) is 4. The predicted molar refractivity (Wildman–Crippen MR) is 80.5 cm³/mol. The van der Waals surface area contributed by atoms with Crippen LogP contribution in [0.25, 0.3) is 0 Å². The van der Waals surface area contributed by atoms with Gasteiger partial charge in [0.05, 0.1) is 12.6 Å². The van der Waals surface area contributed by atoms with Gasteiger partial charge in [0.1, 0.15) is 0 Å². The van der Waals surface area contributed by atoms with Crippen LogP contribution in [0.3, 0.4) is 0 Å². The number of aliphatic carboxylic acids is 1. The fraction of sp³-hybridized carbons (Fsp3) is 0.600. The van der Waals surface area contributed by atoms with Gasteiger partial charge in [0.25, 0.3) is 0 Å². The standard InChI is InChI=1S/C15H21NO4S/c1-10-8-16(9-13(20-10)15(18)19)14(17)5-3-4-12-7-6-11(2)21-12/h6-7,10,13H,3-5,8-9H2,1-2H3,(H,18,19)/t10-,13?/m1/s1. The number of thiophene rings is 1. The lowest BCUT2D eigenvalue weighted by atomic mass is 10.1. The molecule has 1 saturated heterocycles. The second-order valence-corrected chi connectivity index (χ2v) is 6.81. The van der Waals surface area contributed by atoms with Gasteiger partial charge in [-0.2, -0.15) is 0 Å². The van der Waals surface area contributed by atoms with Crippen LogP contribution < -0.4 is 0 Å². The van der Waals surface area contributed by atoms with E-state index in [1.54, 1.807) is 23.2 Å². The summed E-state index contributed by atoms with van der Waals surface area (Å²) in [7, 11) is 0. The minimum Gasteiger partial charge on any atom is -0.479 e. The van der Waals surface area contributed by atoms with E-state index in [9.17, 15) is 9.59 Å². The molecule has 5 nitrogen and oxygen atoms in total. The second kappa shape index (κ2) is 7.04. The first-order valence-corrected chi connectivity index (χ1v) is 7.98. The van der Waals surface area contributed by atoms with Crippen LogP contribution >= 0.6 is 11.3 Å². The molecule has 1 aliphatic rings. The summed E-state index contributed by atoms with van der Waals surface area (Å²) < 4.78 is 5.31. The molecule has 21 heavy (non-hydrogen) atoms. The molecule has 1 aliphatic heterocycles. The SMILES string of the molecule is Cc1ccc(CCCC(=O)N2CC(C(=O)O)O[C@H](C)C2)s1. The van der Waals surface area contributed by atoms with Gasteiger partial charge >= 0.3 is 5.97 Å². The number of carbonyl (C=O) groups excluding carboxylic acids is 1. The fourth-order valence-electron chi connectivity index (χ4n) is 2.48. The highest BCUT2D eigenvalue weighted by molar-refractivity contribution is 7.11. The number of ether oxygens (including phenoxy) is 1. The molecular weight excluding hydrogens is 290 g/mol. The van der Waals surface area contributed by atoms with E-state index in [0.717, 1.165) is 12.8 Å². The first kappa shape index (κ1) is 16.0. The maximum absolute atomic E-state index is 12.2. The van der Waals surface area contributed by atoms with Gasteiger partial charge < -0.3 is 14.7 Å². The smallest absolute Gasteiger partial charge is 0.334 e. The molecule has 0 spiro atoms. The summed E-state index contributed by atoms with van der Waals surface area (Å²) in [6, 6.07) is 4.19. The number of amides is 1. The lowest BCUT2D eigenvalue weighted by Gasteiger charge is -2.35. The van der Waals surface area contributed by atoms with Crippen LogP contribution in [0.5, 0.6) is 0 Å². The average molecular weight is 311 g/mol. The van der Waals surface area contributed by atoms with Crippen LogP contribution in [0, 0.1) is 6.92 Å². The van der Waals surface area contributed by atoms with Gasteiger partial charge in [0.2, 0.25) is 5.91 Å². The van der Waals surface area contributed by atoms with Crippen molar-refractivity contribution in [3.8, 4) is 0 Å². The molecule has 0 radical (unpaired) electrons. The van der Waals surface area contributed by atoms with Gasteiger partial charge in [-0.15, -0.1) is 11.3 Å². The van der Waals surface area contributed by atoms with E-state index >= 15 is 0 Å². The molecule has 1 N–H and O–H groups in total. The number of morpholine rings is 1. The van der Waals surface area contributed by atoms with Gasteiger partial charge in [0, 0.05) is 22.7 Å². The van der Waals surface area contributed by atoms with Gasteiger partial charge in [-0.1, -0.05) is 0 Å². The van der Waals surface area contributed by atoms with E-state index in [-0.39, 0.29) is 18.6 Å². The van der Waals surface area contributed by atoms with Crippen molar-refractivity contribution in [2.75, 3.05) is 13.1 Å². The van der Waals surface area contributed by atoms with Crippen molar-refractivity contribution in [3.05, 3.63) is 21.9 Å². The Morgan fingerprint density at radius 1 is 1.43 bits per heavy atom. The van der Waals surface area contributed by atoms with Crippen LogP contribution in [0.4, 0.5) is 0 Å². The van der Waals surface area contributed by atoms with E-state index in [1.807, 2.05) is 0 Å². The molecule has 0 aliphatic carbocycles. The Balaban J connectivity index is 1.80. The Hall–Kier alpha value is -1.40. The van der Waals surface area contributed by atoms with Gasteiger partial charge in [-0.3, -0.25) is 4.79 Å². The molecule has 1 fully saturated rings. The molecule has 1 amide bonds. The monoisotopic (exact) mass is 311 g/mol. The molecule has 0 saturated carbocycles.